The quantitative estimate of drug-likeness (QED) is 0.911. The van der Waals surface area contributed by atoms with Gasteiger partial charge in [0, 0.05) is 19.1 Å². The molecule has 100 valence electrons. The first kappa shape index (κ1) is 11.8. The third-order valence-electron chi connectivity index (χ3n) is 4.37. The standard InChI is InChI=1S/C15H19N3S/c1-2-6-14-12(5-1)17-15(19-14)10-18-8-11-4-3-7-16-13(11)9-18/h1-2,5-6,11,13,16H,3-4,7-10H2. The van der Waals surface area contributed by atoms with Gasteiger partial charge in [-0.3, -0.25) is 4.90 Å². The van der Waals surface area contributed by atoms with Crippen molar-refractivity contribution < 1.29 is 0 Å². The van der Waals surface area contributed by atoms with Crippen LogP contribution in [0.25, 0.3) is 10.2 Å². The molecule has 4 heteroatoms. The van der Waals surface area contributed by atoms with Crippen molar-refractivity contribution in [2.75, 3.05) is 19.6 Å². The minimum Gasteiger partial charge on any atom is -0.312 e. The van der Waals surface area contributed by atoms with Crippen molar-refractivity contribution in [3.63, 3.8) is 0 Å². The first-order valence-corrected chi connectivity index (χ1v) is 8.00. The number of nitrogens with zero attached hydrogens (tertiary/aromatic N) is 2. The van der Waals surface area contributed by atoms with E-state index in [-0.39, 0.29) is 0 Å². The molecule has 19 heavy (non-hydrogen) atoms. The Kier molecular flexibility index (Phi) is 3.02. The van der Waals surface area contributed by atoms with E-state index < -0.39 is 0 Å². The van der Waals surface area contributed by atoms with Crippen LogP contribution in [0.5, 0.6) is 0 Å². The number of fused-ring (bicyclic) bond motifs is 2. The van der Waals surface area contributed by atoms with Gasteiger partial charge in [0.15, 0.2) is 0 Å². The first-order valence-electron chi connectivity index (χ1n) is 7.19. The van der Waals surface area contributed by atoms with Crippen LogP contribution in [-0.4, -0.2) is 35.6 Å². The van der Waals surface area contributed by atoms with Crippen LogP contribution < -0.4 is 5.32 Å². The molecule has 0 radical (unpaired) electrons. The number of para-hydroxylation sites is 1. The van der Waals surface area contributed by atoms with Gasteiger partial charge in [0.25, 0.3) is 0 Å². The maximum Gasteiger partial charge on any atom is 0.108 e. The number of likely N-dealkylation sites (tertiary alicyclic amines) is 1. The average Bonchev–Trinajstić information content (AvgIpc) is 3.00. The summed E-state index contributed by atoms with van der Waals surface area (Å²) >= 11 is 1.84. The number of piperidine rings is 1. The number of hydrogen-bond donors (Lipinski definition) is 1. The summed E-state index contributed by atoms with van der Waals surface area (Å²) in [5, 5.41) is 4.93. The van der Waals surface area contributed by atoms with E-state index in [0.29, 0.717) is 0 Å². The predicted octanol–water partition coefficient (Wildman–Crippen LogP) is 2.48. The summed E-state index contributed by atoms with van der Waals surface area (Å²) < 4.78 is 1.31. The molecule has 2 aliphatic heterocycles. The van der Waals surface area contributed by atoms with Crippen molar-refractivity contribution in [1.82, 2.24) is 15.2 Å². The molecular weight excluding hydrogens is 254 g/mol. The zero-order valence-corrected chi connectivity index (χ0v) is 11.8. The molecular formula is C15H19N3S. The molecule has 2 saturated heterocycles. The van der Waals surface area contributed by atoms with Crippen molar-refractivity contribution in [2.24, 2.45) is 5.92 Å². The van der Waals surface area contributed by atoms with Crippen molar-refractivity contribution >= 4 is 21.6 Å². The highest BCUT2D eigenvalue weighted by molar-refractivity contribution is 7.18. The lowest BCUT2D eigenvalue weighted by Crippen LogP contribution is -2.40. The normalized spacial score (nSPS) is 27.8. The Labute approximate surface area is 117 Å². The van der Waals surface area contributed by atoms with E-state index in [1.807, 2.05) is 11.3 Å². The van der Waals surface area contributed by atoms with Gasteiger partial charge in [0.05, 0.1) is 16.8 Å². The van der Waals surface area contributed by atoms with Crippen molar-refractivity contribution in [3.05, 3.63) is 29.3 Å². The zero-order chi connectivity index (χ0) is 12.7. The van der Waals surface area contributed by atoms with E-state index >= 15 is 0 Å². The Hall–Kier alpha value is -0.970. The third kappa shape index (κ3) is 2.29. The second-order valence-corrected chi connectivity index (χ2v) is 6.85. The number of benzene rings is 1. The maximum atomic E-state index is 4.75. The van der Waals surface area contributed by atoms with Crippen LogP contribution in [0.3, 0.4) is 0 Å². The lowest BCUT2D eigenvalue weighted by Gasteiger charge is -2.24. The first-order chi connectivity index (χ1) is 9.38. The van der Waals surface area contributed by atoms with E-state index in [0.717, 1.165) is 24.0 Å². The fraction of sp³-hybridized carbons (Fsp3) is 0.533. The van der Waals surface area contributed by atoms with Crippen molar-refractivity contribution in [1.29, 1.82) is 0 Å². The molecule has 0 aliphatic carbocycles. The molecule has 0 bridgehead atoms. The molecule has 2 aliphatic rings. The third-order valence-corrected chi connectivity index (χ3v) is 5.39. The number of nitrogens with one attached hydrogen (secondary N) is 1. The highest BCUT2D eigenvalue weighted by atomic mass is 32.1. The van der Waals surface area contributed by atoms with E-state index in [1.54, 1.807) is 0 Å². The smallest absolute Gasteiger partial charge is 0.108 e. The largest absolute Gasteiger partial charge is 0.312 e. The van der Waals surface area contributed by atoms with Gasteiger partial charge in [-0.15, -0.1) is 11.3 Å². The van der Waals surface area contributed by atoms with Gasteiger partial charge in [-0.2, -0.15) is 0 Å². The molecule has 4 rings (SSSR count). The second-order valence-electron chi connectivity index (χ2n) is 5.73. The molecule has 2 aromatic rings. The van der Waals surface area contributed by atoms with E-state index in [9.17, 15) is 0 Å². The predicted molar refractivity (Wildman–Crippen MR) is 79.4 cm³/mol. The SMILES string of the molecule is c1ccc2sc(CN3CC4CCCNC4C3)nc2c1. The fourth-order valence-electron chi connectivity index (χ4n) is 3.44. The molecule has 0 saturated carbocycles. The van der Waals surface area contributed by atoms with E-state index in [2.05, 4.69) is 34.5 Å². The molecule has 2 atom stereocenters. The highest BCUT2D eigenvalue weighted by Crippen LogP contribution is 2.28. The zero-order valence-electron chi connectivity index (χ0n) is 11.0. The Morgan fingerprint density at radius 2 is 2.26 bits per heavy atom. The number of thiazole rings is 1. The average molecular weight is 273 g/mol. The summed E-state index contributed by atoms with van der Waals surface area (Å²) in [7, 11) is 0. The minimum absolute atomic E-state index is 0.725. The fourth-order valence-corrected chi connectivity index (χ4v) is 4.45. The summed E-state index contributed by atoms with van der Waals surface area (Å²) in [4.78, 5) is 7.32. The topological polar surface area (TPSA) is 28.2 Å². The van der Waals surface area contributed by atoms with Crippen LogP contribution in [0, 0.1) is 5.92 Å². The Morgan fingerprint density at radius 1 is 1.32 bits per heavy atom. The summed E-state index contributed by atoms with van der Waals surface area (Å²) in [5.74, 6) is 0.864. The molecule has 3 heterocycles. The summed E-state index contributed by atoms with van der Waals surface area (Å²) in [6.45, 7) is 4.67. The number of aromatic nitrogens is 1. The van der Waals surface area contributed by atoms with Crippen LogP contribution in [0.2, 0.25) is 0 Å². The van der Waals surface area contributed by atoms with Crippen LogP contribution in [0.15, 0.2) is 24.3 Å². The van der Waals surface area contributed by atoms with Gasteiger partial charge in [-0.05, 0) is 37.4 Å². The maximum absolute atomic E-state index is 4.75. The minimum atomic E-state index is 0.725. The number of rotatable bonds is 2. The van der Waals surface area contributed by atoms with Crippen molar-refractivity contribution in [3.8, 4) is 0 Å². The molecule has 1 N–H and O–H groups in total. The Morgan fingerprint density at radius 3 is 3.16 bits per heavy atom. The molecule has 0 amide bonds. The Bertz CT molecular complexity index is 533. The summed E-state index contributed by atoms with van der Waals surface area (Å²) in [6.07, 6.45) is 2.74. The van der Waals surface area contributed by atoms with Crippen LogP contribution >= 0.6 is 11.3 Å². The molecule has 1 aromatic heterocycles. The van der Waals surface area contributed by atoms with Gasteiger partial charge in [0.1, 0.15) is 5.01 Å². The highest BCUT2D eigenvalue weighted by Gasteiger charge is 2.34. The Balaban J connectivity index is 1.49. The lowest BCUT2D eigenvalue weighted by atomic mass is 9.94. The summed E-state index contributed by atoms with van der Waals surface area (Å²) in [6, 6.07) is 9.17. The van der Waals surface area contributed by atoms with E-state index in [4.69, 9.17) is 4.98 Å². The van der Waals surface area contributed by atoms with Gasteiger partial charge in [-0.1, -0.05) is 12.1 Å². The van der Waals surface area contributed by atoms with Gasteiger partial charge < -0.3 is 5.32 Å². The molecule has 2 unspecified atom stereocenters. The molecule has 3 nitrogen and oxygen atoms in total. The van der Waals surface area contributed by atoms with Gasteiger partial charge in [0.2, 0.25) is 0 Å². The monoisotopic (exact) mass is 273 g/mol. The molecule has 2 fully saturated rings. The molecule has 0 spiro atoms. The van der Waals surface area contributed by atoms with Crippen LogP contribution in [0.1, 0.15) is 17.8 Å². The summed E-state index contributed by atoms with van der Waals surface area (Å²) in [5.41, 5.74) is 1.15. The van der Waals surface area contributed by atoms with Crippen molar-refractivity contribution in [2.45, 2.75) is 25.4 Å². The lowest BCUT2D eigenvalue weighted by molar-refractivity contribution is 0.312. The van der Waals surface area contributed by atoms with Crippen LogP contribution in [0.4, 0.5) is 0 Å². The number of hydrogen-bond acceptors (Lipinski definition) is 4. The van der Waals surface area contributed by atoms with Gasteiger partial charge >= 0.3 is 0 Å². The van der Waals surface area contributed by atoms with E-state index in [1.165, 1.54) is 42.2 Å². The van der Waals surface area contributed by atoms with Gasteiger partial charge in [-0.25, -0.2) is 4.98 Å². The van der Waals surface area contributed by atoms with Crippen LogP contribution in [-0.2, 0) is 6.54 Å². The second kappa shape index (κ2) is 4.85. The molecule has 1 aromatic carbocycles.